The monoisotopic (exact) mass is 64.0 g/mol. The maximum absolute atomic E-state index is 10.1. The van der Waals surface area contributed by atoms with Crippen LogP contribution >= 0.6 is 0 Å². The summed E-state index contributed by atoms with van der Waals surface area (Å²) in [6, 6.07) is 0. The molecule has 0 bridgehead atoms. The van der Waals surface area contributed by atoms with E-state index < -0.39 is 7.40 Å². The topological polar surface area (TPSA) is 40.5 Å². The molecule has 0 atom stereocenters. The van der Waals surface area contributed by atoms with Crippen molar-refractivity contribution in [3.8, 4) is 0 Å². The van der Waals surface area contributed by atoms with Gasteiger partial charge in [-0.2, -0.15) is 0 Å². The summed E-state index contributed by atoms with van der Waals surface area (Å²) in [7, 11) is -2.67. The van der Waals surface area contributed by atoms with Gasteiger partial charge in [0.2, 0.25) is 0 Å². The number of hydrogen-bond donors (Lipinski definition) is 2. The standard InChI is InChI=1S/BFH2O2/c2-1(3)4/h3-4H. The minimum atomic E-state index is -2.67. The molecule has 2 nitrogen and oxygen atoms in total. The van der Waals surface area contributed by atoms with Gasteiger partial charge in [-0.05, 0) is 0 Å². The Hall–Kier alpha value is -0.0851. The summed E-state index contributed by atoms with van der Waals surface area (Å²) in [5, 5.41) is 13.9. The lowest BCUT2D eigenvalue weighted by Crippen LogP contribution is -1.98. The fourth-order valence-corrected chi connectivity index (χ4v) is 0. The van der Waals surface area contributed by atoms with Gasteiger partial charge in [-0.3, -0.25) is 4.32 Å². The lowest BCUT2D eigenvalue weighted by Gasteiger charge is -1.65. The van der Waals surface area contributed by atoms with Crippen LogP contribution in [0, 0.1) is 0 Å². The third kappa shape index (κ3) is 222. The molecule has 0 aromatic carbocycles. The van der Waals surface area contributed by atoms with Crippen molar-refractivity contribution in [2.75, 3.05) is 0 Å². The van der Waals surface area contributed by atoms with Gasteiger partial charge in [0.15, 0.2) is 0 Å². The van der Waals surface area contributed by atoms with Crippen molar-refractivity contribution in [3.05, 3.63) is 0 Å². The molecule has 0 aliphatic rings. The molecular formula is H2BFO2. The van der Waals surface area contributed by atoms with Crippen LogP contribution in [0.15, 0.2) is 0 Å². The molecule has 2 N–H and O–H groups in total. The number of rotatable bonds is 0. The van der Waals surface area contributed by atoms with Crippen molar-refractivity contribution in [2.45, 2.75) is 0 Å². The van der Waals surface area contributed by atoms with E-state index in [9.17, 15) is 4.32 Å². The van der Waals surface area contributed by atoms with Crippen LogP contribution in [0.3, 0.4) is 0 Å². The summed E-state index contributed by atoms with van der Waals surface area (Å²) in [4.78, 5) is 0. The highest BCUT2D eigenvalue weighted by Crippen LogP contribution is 1.57. The predicted molar refractivity (Wildman–Crippen MR) is 11.3 cm³/mol. The smallest absolute Gasteiger partial charge is 0.398 e. The van der Waals surface area contributed by atoms with Crippen molar-refractivity contribution < 1.29 is 14.4 Å². The van der Waals surface area contributed by atoms with Crippen molar-refractivity contribution in [1.29, 1.82) is 0 Å². The van der Waals surface area contributed by atoms with Gasteiger partial charge in [-0.1, -0.05) is 0 Å². The summed E-state index contributed by atoms with van der Waals surface area (Å²) in [6.45, 7) is 0. The predicted octanol–water partition coefficient (Wildman–Crippen LogP) is -1.07. The highest BCUT2D eigenvalue weighted by molar-refractivity contribution is 6.31. The second-order valence-electron chi connectivity index (χ2n) is 0.311. The molecule has 0 aromatic rings. The Morgan fingerprint density at radius 2 is 1.50 bits per heavy atom. The molecule has 0 spiro atoms. The van der Waals surface area contributed by atoms with E-state index >= 15 is 0 Å². The molecule has 0 fully saturated rings. The average molecular weight is 63.8 g/mol. The normalized spacial score (nSPS) is 6.75. The molecule has 4 heteroatoms. The fourth-order valence-electron chi connectivity index (χ4n) is 0. The maximum atomic E-state index is 10.1. The lowest BCUT2D eigenvalue weighted by molar-refractivity contribution is 0.340. The van der Waals surface area contributed by atoms with Crippen LogP contribution in [0.2, 0.25) is 0 Å². The van der Waals surface area contributed by atoms with Crippen molar-refractivity contribution in [3.63, 3.8) is 0 Å². The first-order chi connectivity index (χ1) is 1.73. The van der Waals surface area contributed by atoms with E-state index in [0.29, 0.717) is 0 Å². The molecule has 0 aromatic heterocycles. The highest BCUT2D eigenvalue weighted by Gasteiger charge is 1.97. The van der Waals surface area contributed by atoms with E-state index in [1.165, 1.54) is 0 Å². The van der Waals surface area contributed by atoms with Gasteiger partial charge in [0.05, 0.1) is 0 Å². The van der Waals surface area contributed by atoms with Crippen LogP contribution in [0.4, 0.5) is 4.32 Å². The molecule has 0 saturated heterocycles. The Morgan fingerprint density at radius 3 is 1.50 bits per heavy atom. The van der Waals surface area contributed by atoms with Crippen LogP contribution in [0.1, 0.15) is 0 Å². The molecule has 0 saturated carbocycles. The molecule has 4 heavy (non-hydrogen) atoms. The van der Waals surface area contributed by atoms with E-state index in [1.54, 1.807) is 0 Å². The van der Waals surface area contributed by atoms with Crippen LogP contribution in [0.25, 0.3) is 0 Å². The van der Waals surface area contributed by atoms with E-state index in [4.69, 9.17) is 10.0 Å². The van der Waals surface area contributed by atoms with Gasteiger partial charge in [0.1, 0.15) is 0 Å². The van der Waals surface area contributed by atoms with E-state index in [1.807, 2.05) is 0 Å². The zero-order chi connectivity index (χ0) is 3.58. The number of halogens is 1. The second kappa shape index (κ2) is 1.26. The minimum absolute atomic E-state index is 2.67. The van der Waals surface area contributed by atoms with Gasteiger partial charge in [-0.15, -0.1) is 0 Å². The SMILES string of the molecule is OB(O)F. The lowest BCUT2D eigenvalue weighted by atomic mass is 10.3. The van der Waals surface area contributed by atoms with Crippen LogP contribution in [0.5, 0.6) is 0 Å². The molecule has 0 radical (unpaired) electrons. The highest BCUT2D eigenvalue weighted by atomic mass is 19.1. The van der Waals surface area contributed by atoms with Gasteiger partial charge in [-0.25, -0.2) is 0 Å². The van der Waals surface area contributed by atoms with E-state index in [0.717, 1.165) is 0 Å². The summed E-state index contributed by atoms with van der Waals surface area (Å²) in [5.41, 5.74) is 0. The van der Waals surface area contributed by atoms with Crippen molar-refractivity contribution in [2.24, 2.45) is 0 Å². The summed E-state index contributed by atoms with van der Waals surface area (Å²) in [6.07, 6.45) is 0. The first-order valence-electron chi connectivity index (χ1n) is 0.735. The molecule has 0 aliphatic heterocycles. The first kappa shape index (κ1) is 3.91. The Kier molecular flexibility index (Phi) is 1.23. The van der Waals surface area contributed by atoms with Crippen molar-refractivity contribution >= 4 is 7.40 Å². The van der Waals surface area contributed by atoms with E-state index in [-0.39, 0.29) is 0 Å². The maximum Gasteiger partial charge on any atom is 0.674 e. The summed E-state index contributed by atoms with van der Waals surface area (Å²) >= 11 is 0. The third-order valence-electron chi connectivity index (χ3n) is 0. The third-order valence-corrected chi connectivity index (χ3v) is 0. The van der Waals surface area contributed by atoms with Crippen LogP contribution < -0.4 is 0 Å². The summed E-state index contributed by atoms with van der Waals surface area (Å²) in [5.74, 6) is 0. The molecule has 0 rings (SSSR count). The molecular weight excluding hydrogens is 61.8 g/mol. The Balaban J connectivity index is 2.32. The zero-order valence-electron chi connectivity index (χ0n) is 1.85. The van der Waals surface area contributed by atoms with Crippen LogP contribution in [-0.4, -0.2) is 17.4 Å². The Morgan fingerprint density at radius 1 is 1.50 bits per heavy atom. The average Bonchev–Trinajstić information content (AvgIpc) is 0.811. The van der Waals surface area contributed by atoms with Gasteiger partial charge >= 0.3 is 7.40 Å². The van der Waals surface area contributed by atoms with Gasteiger partial charge in [0, 0.05) is 0 Å². The van der Waals surface area contributed by atoms with Gasteiger partial charge < -0.3 is 10.0 Å². The minimum Gasteiger partial charge on any atom is -0.398 e. The zero-order valence-corrected chi connectivity index (χ0v) is 1.85. The fraction of sp³-hybridized carbons (Fsp3) is 0. The largest absolute Gasteiger partial charge is 0.674 e. The van der Waals surface area contributed by atoms with Crippen molar-refractivity contribution in [1.82, 2.24) is 0 Å². The second-order valence-corrected chi connectivity index (χ2v) is 0.311. The quantitative estimate of drug-likeness (QED) is 0.352. The van der Waals surface area contributed by atoms with Gasteiger partial charge in [0.25, 0.3) is 0 Å². The molecule has 0 aliphatic carbocycles. The molecule has 0 heterocycles. The molecule has 0 unspecified atom stereocenters. The summed E-state index contributed by atoms with van der Waals surface area (Å²) < 4.78 is 10.1. The molecule has 24 valence electrons. The Bertz CT molecular complexity index is 10.8. The first-order valence-corrected chi connectivity index (χ1v) is 0.735. The Labute approximate surface area is 23.1 Å². The molecule has 0 amide bonds. The van der Waals surface area contributed by atoms with E-state index in [2.05, 4.69) is 0 Å². The van der Waals surface area contributed by atoms with Crippen LogP contribution in [-0.2, 0) is 0 Å². The number of hydrogen-bond acceptors (Lipinski definition) is 2.